The van der Waals surface area contributed by atoms with Crippen molar-refractivity contribution in [1.82, 2.24) is 5.32 Å². The quantitative estimate of drug-likeness (QED) is 0.767. The maximum absolute atomic E-state index is 11.3. The highest BCUT2D eigenvalue weighted by Crippen LogP contribution is 2.39. The average Bonchev–Trinajstić information content (AvgIpc) is 2.46. The lowest BCUT2D eigenvalue weighted by Crippen LogP contribution is -2.31. The predicted molar refractivity (Wildman–Crippen MR) is 78.8 cm³/mol. The summed E-state index contributed by atoms with van der Waals surface area (Å²) in [5.41, 5.74) is 1.47. The Morgan fingerprint density at radius 1 is 1.35 bits per heavy atom. The van der Waals surface area contributed by atoms with Gasteiger partial charge >= 0.3 is 0 Å². The molecule has 1 fully saturated rings. The number of anilines is 1. The van der Waals surface area contributed by atoms with Crippen LogP contribution in [0.15, 0.2) is 16.6 Å². The number of benzene rings is 1. The van der Waals surface area contributed by atoms with Crippen LogP contribution in [0, 0.1) is 5.92 Å². The monoisotopic (exact) mass is 340 g/mol. The Morgan fingerprint density at radius 2 is 2.10 bits per heavy atom. The first kappa shape index (κ1) is 13.9. The molecule has 108 valence electrons. The molecule has 2 aliphatic rings. The standard InChI is InChI=1S/C14H17BrN2O3/c15-10-6-11-12(20-7-13(18)17-11)5-9(10)14(19)8-1-3-16-4-2-8/h5-6,8,14,16,19H,1-4,7H2,(H,17,18). The van der Waals surface area contributed by atoms with Crippen molar-refractivity contribution >= 4 is 27.5 Å². The molecule has 1 amide bonds. The number of aliphatic hydroxyl groups is 1. The van der Waals surface area contributed by atoms with Gasteiger partial charge in [-0.25, -0.2) is 0 Å². The Hall–Kier alpha value is -1.11. The summed E-state index contributed by atoms with van der Waals surface area (Å²) in [5, 5.41) is 16.6. The van der Waals surface area contributed by atoms with Gasteiger partial charge in [-0.3, -0.25) is 4.79 Å². The minimum absolute atomic E-state index is 0.0253. The maximum atomic E-state index is 11.3. The van der Waals surface area contributed by atoms with Crippen LogP contribution in [0.2, 0.25) is 0 Å². The van der Waals surface area contributed by atoms with Crippen LogP contribution in [-0.2, 0) is 4.79 Å². The zero-order valence-corrected chi connectivity index (χ0v) is 12.6. The van der Waals surface area contributed by atoms with Crippen molar-refractivity contribution in [2.24, 2.45) is 5.92 Å². The summed E-state index contributed by atoms with van der Waals surface area (Å²) < 4.78 is 6.21. The van der Waals surface area contributed by atoms with Gasteiger partial charge in [-0.15, -0.1) is 0 Å². The third kappa shape index (κ3) is 2.68. The first-order valence-electron chi connectivity index (χ1n) is 6.80. The number of carbonyl (C=O) groups excluding carboxylic acids is 1. The third-order valence-electron chi connectivity index (χ3n) is 3.88. The number of amides is 1. The molecule has 0 spiro atoms. The molecule has 1 unspecified atom stereocenters. The van der Waals surface area contributed by atoms with Gasteiger partial charge < -0.3 is 20.5 Å². The molecular formula is C14H17BrN2O3. The molecular weight excluding hydrogens is 324 g/mol. The molecule has 0 aliphatic carbocycles. The topological polar surface area (TPSA) is 70.6 Å². The second-order valence-electron chi connectivity index (χ2n) is 5.24. The van der Waals surface area contributed by atoms with Crippen molar-refractivity contribution in [3.63, 3.8) is 0 Å². The summed E-state index contributed by atoms with van der Waals surface area (Å²) in [6.45, 7) is 1.91. The molecule has 1 atom stereocenters. The van der Waals surface area contributed by atoms with Crippen molar-refractivity contribution < 1.29 is 14.6 Å². The molecule has 5 nitrogen and oxygen atoms in total. The van der Waals surface area contributed by atoms with Gasteiger partial charge in [0.25, 0.3) is 5.91 Å². The van der Waals surface area contributed by atoms with Gasteiger partial charge in [0.15, 0.2) is 6.61 Å². The summed E-state index contributed by atoms with van der Waals surface area (Å²) in [7, 11) is 0. The molecule has 3 rings (SSSR count). The number of nitrogens with one attached hydrogen (secondary N) is 2. The van der Waals surface area contributed by atoms with Crippen molar-refractivity contribution in [1.29, 1.82) is 0 Å². The Morgan fingerprint density at radius 3 is 2.85 bits per heavy atom. The minimum atomic E-state index is -0.516. The number of carbonyl (C=O) groups is 1. The van der Waals surface area contributed by atoms with E-state index in [9.17, 15) is 9.90 Å². The van der Waals surface area contributed by atoms with E-state index in [1.807, 2.05) is 6.07 Å². The van der Waals surface area contributed by atoms with E-state index in [0.717, 1.165) is 36.0 Å². The fourth-order valence-corrected chi connectivity index (χ4v) is 3.33. The predicted octanol–water partition coefficient (Wildman–Crippen LogP) is 1.81. The van der Waals surface area contributed by atoms with Crippen molar-refractivity contribution in [2.45, 2.75) is 18.9 Å². The molecule has 0 saturated carbocycles. The van der Waals surface area contributed by atoms with Crippen molar-refractivity contribution in [3.8, 4) is 5.75 Å². The number of fused-ring (bicyclic) bond motifs is 1. The molecule has 2 aliphatic heterocycles. The van der Waals surface area contributed by atoms with Crippen LogP contribution in [0.5, 0.6) is 5.75 Å². The number of aliphatic hydroxyl groups excluding tert-OH is 1. The summed E-state index contributed by atoms with van der Waals surface area (Å²) in [6, 6.07) is 3.62. The van der Waals surface area contributed by atoms with E-state index in [-0.39, 0.29) is 18.4 Å². The van der Waals surface area contributed by atoms with Crippen LogP contribution in [0.4, 0.5) is 5.69 Å². The molecule has 0 bridgehead atoms. The highest BCUT2D eigenvalue weighted by molar-refractivity contribution is 9.10. The lowest BCUT2D eigenvalue weighted by molar-refractivity contribution is -0.118. The molecule has 1 aromatic rings. The van der Waals surface area contributed by atoms with Crippen molar-refractivity contribution in [2.75, 3.05) is 25.0 Å². The molecule has 1 saturated heterocycles. The van der Waals surface area contributed by atoms with E-state index >= 15 is 0 Å². The normalized spacial score (nSPS) is 20.8. The Labute approximate surface area is 125 Å². The molecule has 20 heavy (non-hydrogen) atoms. The first-order valence-corrected chi connectivity index (χ1v) is 7.59. The average molecular weight is 341 g/mol. The van der Waals surface area contributed by atoms with Gasteiger partial charge in [-0.05, 0) is 49.5 Å². The molecule has 6 heteroatoms. The van der Waals surface area contributed by atoms with E-state index in [4.69, 9.17) is 4.74 Å². The van der Waals surface area contributed by atoms with Crippen LogP contribution in [0.25, 0.3) is 0 Å². The van der Waals surface area contributed by atoms with E-state index < -0.39 is 6.10 Å². The van der Waals surface area contributed by atoms with Gasteiger partial charge in [0, 0.05) is 4.47 Å². The van der Waals surface area contributed by atoms with E-state index in [1.165, 1.54) is 0 Å². The molecule has 0 aromatic heterocycles. The maximum Gasteiger partial charge on any atom is 0.262 e. The molecule has 0 radical (unpaired) electrons. The number of hydrogen-bond donors (Lipinski definition) is 3. The van der Waals surface area contributed by atoms with Crippen LogP contribution >= 0.6 is 15.9 Å². The number of rotatable bonds is 2. The summed E-state index contributed by atoms with van der Waals surface area (Å²) in [6.07, 6.45) is 1.41. The highest BCUT2D eigenvalue weighted by Gasteiger charge is 2.27. The SMILES string of the molecule is O=C1COc2cc(C(O)C3CCNCC3)c(Br)cc2N1. The smallest absolute Gasteiger partial charge is 0.262 e. The van der Waals surface area contributed by atoms with E-state index in [2.05, 4.69) is 26.6 Å². The summed E-state index contributed by atoms with van der Waals surface area (Å²) in [5.74, 6) is 0.718. The van der Waals surface area contributed by atoms with E-state index in [1.54, 1.807) is 6.07 Å². The third-order valence-corrected chi connectivity index (χ3v) is 4.57. The first-order chi connectivity index (χ1) is 9.65. The molecule has 3 N–H and O–H groups in total. The second kappa shape index (κ2) is 5.71. The lowest BCUT2D eigenvalue weighted by atomic mass is 9.88. The number of ether oxygens (including phenoxy) is 1. The van der Waals surface area contributed by atoms with Gasteiger partial charge in [0.1, 0.15) is 5.75 Å². The highest BCUT2D eigenvalue weighted by atomic mass is 79.9. The minimum Gasteiger partial charge on any atom is -0.482 e. The van der Waals surface area contributed by atoms with Crippen LogP contribution in [-0.4, -0.2) is 30.7 Å². The second-order valence-corrected chi connectivity index (χ2v) is 6.09. The largest absolute Gasteiger partial charge is 0.482 e. The van der Waals surface area contributed by atoms with Gasteiger partial charge in [0.05, 0.1) is 11.8 Å². The number of piperidine rings is 1. The van der Waals surface area contributed by atoms with Gasteiger partial charge in [-0.1, -0.05) is 15.9 Å². The lowest BCUT2D eigenvalue weighted by Gasteiger charge is -2.29. The Kier molecular flexibility index (Phi) is 3.96. The number of halogens is 1. The Bertz CT molecular complexity index is 529. The summed E-state index contributed by atoms with van der Waals surface area (Å²) in [4.78, 5) is 11.3. The van der Waals surface area contributed by atoms with Gasteiger partial charge in [0.2, 0.25) is 0 Å². The fraction of sp³-hybridized carbons (Fsp3) is 0.500. The zero-order chi connectivity index (χ0) is 14.1. The Balaban J connectivity index is 1.87. The zero-order valence-electron chi connectivity index (χ0n) is 11.0. The van der Waals surface area contributed by atoms with E-state index in [0.29, 0.717) is 11.4 Å². The van der Waals surface area contributed by atoms with Crippen LogP contribution in [0.3, 0.4) is 0 Å². The molecule has 2 heterocycles. The number of hydrogen-bond acceptors (Lipinski definition) is 4. The van der Waals surface area contributed by atoms with Crippen LogP contribution in [0.1, 0.15) is 24.5 Å². The summed E-state index contributed by atoms with van der Waals surface area (Å²) >= 11 is 3.48. The fourth-order valence-electron chi connectivity index (χ4n) is 2.76. The van der Waals surface area contributed by atoms with Crippen molar-refractivity contribution in [3.05, 3.63) is 22.2 Å². The van der Waals surface area contributed by atoms with Gasteiger partial charge in [-0.2, -0.15) is 0 Å². The molecule has 1 aromatic carbocycles. The van der Waals surface area contributed by atoms with Crippen LogP contribution < -0.4 is 15.4 Å².